The summed E-state index contributed by atoms with van der Waals surface area (Å²) in [6, 6.07) is 8.81. The number of non-ortho nitro benzene ring substituents is 1. The molecule has 116 valence electrons. The summed E-state index contributed by atoms with van der Waals surface area (Å²) in [5.41, 5.74) is 1.42. The molecule has 2 aromatic rings. The van der Waals surface area contributed by atoms with Crippen LogP contribution in [0.3, 0.4) is 0 Å². The predicted octanol–water partition coefficient (Wildman–Crippen LogP) is 3.06. The van der Waals surface area contributed by atoms with E-state index in [2.05, 4.69) is 21.2 Å². The second-order valence-corrected chi connectivity index (χ2v) is 6.96. The largest absolute Gasteiger partial charge is 0.354 e. The molecular formula is C13H12BrN3O4S. The third kappa shape index (κ3) is 3.62. The summed E-state index contributed by atoms with van der Waals surface area (Å²) in [5, 5.41) is 18.8. The summed E-state index contributed by atoms with van der Waals surface area (Å²) in [6.07, 6.45) is 0. The number of hydrogen-bond acceptors (Lipinski definition) is 5. The number of primary sulfonamides is 1. The molecule has 0 bridgehead atoms. The number of halogens is 1. The van der Waals surface area contributed by atoms with E-state index in [1.165, 1.54) is 12.1 Å². The molecule has 0 heterocycles. The highest BCUT2D eigenvalue weighted by Crippen LogP contribution is 2.29. The van der Waals surface area contributed by atoms with Gasteiger partial charge in [-0.1, -0.05) is 15.9 Å². The molecule has 22 heavy (non-hydrogen) atoms. The Labute approximate surface area is 135 Å². The minimum absolute atomic E-state index is 0.176. The highest BCUT2D eigenvalue weighted by molar-refractivity contribution is 9.10. The maximum Gasteiger partial charge on any atom is 0.270 e. The molecule has 0 unspecified atom stereocenters. The standard InChI is InChI=1S/C13H12BrN3O4S/c1-8-6-9(2-4-11(8)14)16-12-5-3-10(17(18)19)7-13(12)22(15,20)21/h2-7,16H,1H3,(H2,15,20,21). The number of nitro groups is 1. The maximum atomic E-state index is 11.6. The van der Waals surface area contributed by atoms with Gasteiger partial charge >= 0.3 is 0 Å². The molecule has 2 rings (SSSR count). The molecule has 0 spiro atoms. The second kappa shape index (κ2) is 6.03. The Balaban J connectivity index is 2.50. The first-order chi connectivity index (χ1) is 10.2. The fourth-order valence-corrected chi connectivity index (χ4v) is 2.80. The lowest BCUT2D eigenvalue weighted by atomic mass is 10.2. The number of rotatable bonds is 4. The first-order valence-corrected chi connectivity index (χ1v) is 8.37. The van der Waals surface area contributed by atoms with E-state index in [0.717, 1.165) is 16.1 Å². The summed E-state index contributed by atoms with van der Waals surface area (Å²) in [7, 11) is -4.10. The first kappa shape index (κ1) is 16.4. The van der Waals surface area contributed by atoms with Crippen LogP contribution >= 0.6 is 15.9 Å². The molecule has 3 N–H and O–H groups in total. The van der Waals surface area contributed by atoms with Gasteiger partial charge in [-0.15, -0.1) is 0 Å². The molecule has 7 nitrogen and oxygen atoms in total. The molecule has 0 aliphatic rings. The van der Waals surface area contributed by atoms with E-state index in [0.29, 0.717) is 5.69 Å². The first-order valence-electron chi connectivity index (χ1n) is 6.03. The Hall–Kier alpha value is -1.97. The van der Waals surface area contributed by atoms with Crippen molar-refractivity contribution in [3.05, 3.63) is 56.5 Å². The number of sulfonamides is 1. The van der Waals surface area contributed by atoms with E-state index in [1.54, 1.807) is 18.2 Å². The van der Waals surface area contributed by atoms with Gasteiger partial charge in [-0.3, -0.25) is 10.1 Å². The van der Waals surface area contributed by atoms with Crippen molar-refractivity contribution in [1.82, 2.24) is 0 Å². The Bertz CT molecular complexity index is 852. The van der Waals surface area contributed by atoms with Crippen LogP contribution in [-0.2, 0) is 10.0 Å². The number of nitrogens with one attached hydrogen (secondary N) is 1. The minimum atomic E-state index is -4.10. The van der Waals surface area contributed by atoms with Gasteiger partial charge in [-0.05, 0) is 36.8 Å². The summed E-state index contributed by atoms with van der Waals surface area (Å²) >= 11 is 3.37. The van der Waals surface area contributed by atoms with E-state index < -0.39 is 14.9 Å². The van der Waals surface area contributed by atoms with E-state index in [1.807, 2.05) is 6.92 Å². The molecule has 0 fully saturated rings. The van der Waals surface area contributed by atoms with Crippen LogP contribution in [0.4, 0.5) is 17.1 Å². The number of hydrogen-bond donors (Lipinski definition) is 2. The second-order valence-electron chi connectivity index (χ2n) is 4.57. The maximum absolute atomic E-state index is 11.6. The molecule has 0 saturated carbocycles. The highest BCUT2D eigenvalue weighted by atomic mass is 79.9. The lowest BCUT2D eigenvalue weighted by Gasteiger charge is -2.11. The van der Waals surface area contributed by atoms with Crippen LogP contribution in [0.2, 0.25) is 0 Å². The van der Waals surface area contributed by atoms with Crippen molar-refractivity contribution in [1.29, 1.82) is 0 Å². The van der Waals surface area contributed by atoms with Crippen molar-refractivity contribution in [2.75, 3.05) is 5.32 Å². The zero-order valence-corrected chi connectivity index (χ0v) is 13.8. The van der Waals surface area contributed by atoms with Gasteiger partial charge in [-0.25, -0.2) is 13.6 Å². The number of nitrogens with two attached hydrogens (primary N) is 1. The predicted molar refractivity (Wildman–Crippen MR) is 86.6 cm³/mol. The van der Waals surface area contributed by atoms with E-state index in [-0.39, 0.29) is 16.3 Å². The molecule has 0 radical (unpaired) electrons. The average molecular weight is 386 g/mol. The Morgan fingerprint density at radius 2 is 1.91 bits per heavy atom. The molecule has 0 aliphatic heterocycles. The number of aryl methyl sites for hydroxylation is 1. The molecule has 0 aromatic heterocycles. The van der Waals surface area contributed by atoms with Gasteiger partial charge in [-0.2, -0.15) is 0 Å². The lowest BCUT2D eigenvalue weighted by molar-refractivity contribution is -0.385. The Morgan fingerprint density at radius 3 is 2.45 bits per heavy atom. The number of benzene rings is 2. The molecule has 2 aromatic carbocycles. The van der Waals surface area contributed by atoms with Crippen LogP contribution in [0, 0.1) is 17.0 Å². The fourth-order valence-electron chi connectivity index (χ4n) is 1.84. The molecule has 0 aliphatic carbocycles. The Morgan fingerprint density at radius 1 is 1.23 bits per heavy atom. The monoisotopic (exact) mass is 385 g/mol. The van der Waals surface area contributed by atoms with Gasteiger partial charge in [0.15, 0.2) is 0 Å². The summed E-state index contributed by atoms with van der Waals surface area (Å²) in [5.74, 6) is 0. The summed E-state index contributed by atoms with van der Waals surface area (Å²) in [4.78, 5) is 9.77. The van der Waals surface area contributed by atoms with Crippen LogP contribution in [-0.4, -0.2) is 13.3 Å². The number of nitrogens with zero attached hydrogens (tertiary/aromatic N) is 1. The van der Waals surface area contributed by atoms with Crippen LogP contribution in [0.15, 0.2) is 45.8 Å². The third-order valence-corrected chi connectivity index (χ3v) is 4.76. The van der Waals surface area contributed by atoms with E-state index in [9.17, 15) is 18.5 Å². The van der Waals surface area contributed by atoms with Crippen LogP contribution in [0.1, 0.15) is 5.56 Å². The molecule has 0 amide bonds. The van der Waals surface area contributed by atoms with Crippen molar-refractivity contribution in [3.63, 3.8) is 0 Å². The third-order valence-electron chi connectivity index (χ3n) is 2.92. The van der Waals surface area contributed by atoms with E-state index in [4.69, 9.17) is 5.14 Å². The van der Waals surface area contributed by atoms with Crippen LogP contribution < -0.4 is 10.5 Å². The van der Waals surface area contributed by atoms with Gasteiger partial charge in [0.25, 0.3) is 5.69 Å². The van der Waals surface area contributed by atoms with Crippen molar-refractivity contribution >= 4 is 43.0 Å². The fraction of sp³-hybridized carbons (Fsp3) is 0.0769. The van der Waals surface area contributed by atoms with Gasteiger partial charge < -0.3 is 5.32 Å². The normalized spacial score (nSPS) is 11.2. The van der Waals surface area contributed by atoms with Crippen molar-refractivity contribution in [2.24, 2.45) is 5.14 Å². The summed E-state index contributed by atoms with van der Waals surface area (Å²) in [6.45, 7) is 1.88. The van der Waals surface area contributed by atoms with Gasteiger partial charge in [0.2, 0.25) is 10.0 Å². The Kier molecular flexibility index (Phi) is 4.50. The van der Waals surface area contributed by atoms with Crippen LogP contribution in [0.5, 0.6) is 0 Å². The smallest absolute Gasteiger partial charge is 0.270 e. The van der Waals surface area contributed by atoms with E-state index >= 15 is 0 Å². The van der Waals surface area contributed by atoms with Crippen molar-refractivity contribution in [3.8, 4) is 0 Å². The number of anilines is 2. The quantitative estimate of drug-likeness (QED) is 0.619. The average Bonchev–Trinajstić information content (AvgIpc) is 2.42. The molecule has 0 atom stereocenters. The molecular weight excluding hydrogens is 374 g/mol. The topological polar surface area (TPSA) is 115 Å². The van der Waals surface area contributed by atoms with Crippen molar-refractivity contribution in [2.45, 2.75) is 11.8 Å². The van der Waals surface area contributed by atoms with Gasteiger partial charge in [0.1, 0.15) is 4.90 Å². The minimum Gasteiger partial charge on any atom is -0.354 e. The SMILES string of the molecule is Cc1cc(Nc2ccc([N+](=O)[O-])cc2S(N)(=O)=O)ccc1Br. The zero-order chi connectivity index (χ0) is 16.5. The van der Waals surface area contributed by atoms with Crippen LogP contribution in [0.25, 0.3) is 0 Å². The number of nitro benzene ring substituents is 1. The van der Waals surface area contributed by atoms with Gasteiger partial charge in [0, 0.05) is 22.3 Å². The summed E-state index contributed by atoms with van der Waals surface area (Å²) < 4.78 is 24.2. The van der Waals surface area contributed by atoms with Gasteiger partial charge in [0.05, 0.1) is 10.6 Å². The lowest BCUT2D eigenvalue weighted by Crippen LogP contribution is -2.14. The highest BCUT2D eigenvalue weighted by Gasteiger charge is 2.19. The zero-order valence-electron chi connectivity index (χ0n) is 11.4. The molecule has 9 heteroatoms. The molecule has 0 saturated heterocycles. The van der Waals surface area contributed by atoms with Crippen molar-refractivity contribution < 1.29 is 13.3 Å².